The van der Waals surface area contributed by atoms with Crippen molar-refractivity contribution in [3.05, 3.63) is 16.8 Å². The van der Waals surface area contributed by atoms with Crippen LogP contribution in [0, 0.1) is 12.3 Å². The second kappa shape index (κ2) is 5.85. The molecule has 1 aromatic heterocycles. The van der Waals surface area contributed by atoms with Crippen LogP contribution in [0.15, 0.2) is 0 Å². The molecule has 0 aromatic carbocycles. The third kappa shape index (κ3) is 2.72. The summed E-state index contributed by atoms with van der Waals surface area (Å²) in [7, 11) is 0. The highest BCUT2D eigenvalue weighted by molar-refractivity contribution is 5.92. The quantitative estimate of drug-likeness (QED) is 0.778. The SMILES string of the molecule is C#CCOc1nnc(CC)c(CC)c1C(=O)O. The molecule has 0 aliphatic carbocycles. The first-order valence-corrected chi connectivity index (χ1v) is 5.33. The number of terminal acetylenes is 1. The highest BCUT2D eigenvalue weighted by atomic mass is 16.5. The van der Waals surface area contributed by atoms with Crippen molar-refractivity contribution in [2.24, 2.45) is 0 Å². The summed E-state index contributed by atoms with van der Waals surface area (Å²) in [5.74, 6) is 1.18. The molecule has 0 saturated heterocycles. The van der Waals surface area contributed by atoms with E-state index in [0.717, 1.165) is 0 Å². The van der Waals surface area contributed by atoms with Crippen molar-refractivity contribution in [3.63, 3.8) is 0 Å². The largest absolute Gasteiger partial charge is 0.477 e. The summed E-state index contributed by atoms with van der Waals surface area (Å²) >= 11 is 0. The van der Waals surface area contributed by atoms with Crippen molar-refractivity contribution in [3.8, 4) is 18.2 Å². The lowest BCUT2D eigenvalue weighted by atomic mass is 10.0. The van der Waals surface area contributed by atoms with Crippen LogP contribution in [-0.2, 0) is 12.8 Å². The third-order valence-electron chi connectivity index (χ3n) is 2.32. The van der Waals surface area contributed by atoms with E-state index < -0.39 is 5.97 Å². The molecule has 0 fully saturated rings. The van der Waals surface area contributed by atoms with E-state index in [-0.39, 0.29) is 18.1 Å². The van der Waals surface area contributed by atoms with E-state index in [2.05, 4.69) is 16.1 Å². The summed E-state index contributed by atoms with van der Waals surface area (Å²) in [6.45, 7) is 3.74. The van der Waals surface area contributed by atoms with Crippen molar-refractivity contribution < 1.29 is 14.6 Å². The predicted molar refractivity (Wildman–Crippen MR) is 62.1 cm³/mol. The zero-order valence-corrected chi connectivity index (χ0v) is 9.86. The van der Waals surface area contributed by atoms with Gasteiger partial charge in [-0.15, -0.1) is 11.5 Å². The van der Waals surface area contributed by atoms with Crippen LogP contribution in [0.5, 0.6) is 5.88 Å². The lowest BCUT2D eigenvalue weighted by molar-refractivity contribution is 0.0690. The molecule has 0 unspecified atom stereocenters. The van der Waals surface area contributed by atoms with E-state index in [9.17, 15) is 9.90 Å². The number of carbonyl (C=O) groups is 1. The fraction of sp³-hybridized carbons (Fsp3) is 0.417. The Morgan fingerprint density at radius 3 is 2.59 bits per heavy atom. The number of ether oxygens (including phenoxy) is 1. The van der Waals surface area contributed by atoms with E-state index in [1.807, 2.05) is 13.8 Å². The van der Waals surface area contributed by atoms with Gasteiger partial charge in [-0.2, -0.15) is 5.10 Å². The van der Waals surface area contributed by atoms with E-state index in [4.69, 9.17) is 11.2 Å². The van der Waals surface area contributed by atoms with Crippen LogP contribution in [0.1, 0.15) is 35.5 Å². The molecular weight excluding hydrogens is 220 g/mol. The lowest BCUT2D eigenvalue weighted by Gasteiger charge is -2.11. The molecule has 0 radical (unpaired) electrons. The lowest BCUT2D eigenvalue weighted by Crippen LogP contribution is -2.13. The van der Waals surface area contributed by atoms with Crippen molar-refractivity contribution in [2.45, 2.75) is 26.7 Å². The minimum absolute atomic E-state index is 0.00972. The molecule has 0 bridgehead atoms. The normalized spacial score (nSPS) is 9.71. The van der Waals surface area contributed by atoms with Gasteiger partial charge in [-0.1, -0.05) is 19.8 Å². The summed E-state index contributed by atoms with van der Waals surface area (Å²) in [6.07, 6.45) is 6.25. The summed E-state index contributed by atoms with van der Waals surface area (Å²) < 4.78 is 5.10. The van der Waals surface area contributed by atoms with Crippen LogP contribution < -0.4 is 4.74 Å². The summed E-state index contributed by atoms with van der Waals surface area (Å²) in [5.41, 5.74) is 1.40. The number of carboxylic acids is 1. The molecule has 17 heavy (non-hydrogen) atoms. The molecule has 0 aliphatic rings. The average molecular weight is 234 g/mol. The number of aryl methyl sites for hydroxylation is 1. The first kappa shape index (κ1) is 13.0. The van der Waals surface area contributed by atoms with Gasteiger partial charge >= 0.3 is 5.97 Å². The van der Waals surface area contributed by atoms with Crippen molar-refractivity contribution in [1.29, 1.82) is 0 Å². The molecule has 0 aliphatic heterocycles. The Kier molecular flexibility index (Phi) is 4.46. The minimum Gasteiger partial charge on any atom is -0.477 e. The number of aromatic nitrogens is 2. The van der Waals surface area contributed by atoms with Gasteiger partial charge in [0.2, 0.25) is 5.88 Å². The average Bonchev–Trinajstić information content (AvgIpc) is 2.34. The third-order valence-corrected chi connectivity index (χ3v) is 2.32. The molecule has 1 aromatic rings. The maximum atomic E-state index is 11.2. The van der Waals surface area contributed by atoms with Crippen LogP contribution in [0.4, 0.5) is 0 Å². The second-order valence-corrected chi connectivity index (χ2v) is 3.31. The van der Waals surface area contributed by atoms with Gasteiger partial charge in [0.1, 0.15) is 5.56 Å². The molecule has 5 nitrogen and oxygen atoms in total. The molecular formula is C12H14N2O3. The van der Waals surface area contributed by atoms with Crippen LogP contribution in [0.2, 0.25) is 0 Å². The summed E-state index contributed by atoms with van der Waals surface area (Å²) in [4.78, 5) is 11.2. The van der Waals surface area contributed by atoms with Crippen LogP contribution in [0.25, 0.3) is 0 Å². The van der Waals surface area contributed by atoms with E-state index >= 15 is 0 Å². The fourth-order valence-corrected chi connectivity index (χ4v) is 1.59. The summed E-state index contributed by atoms with van der Waals surface area (Å²) in [6, 6.07) is 0. The van der Waals surface area contributed by atoms with Gasteiger partial charge in [-0.3, -0.25) is 0 Å². The van der Waals surface area contributed by atoms with Crippen LogP contribution >= 0.6 is 0 Å². The fourth-order valence-electron chi connectivity index (χ4n) is 1.59. The van der Waals surface area contributed by atoms with Crippen molar-refractivity contribution >= 4 is 5.97 Å². The second-order valence-electron chi connectivity index (χ2n) is 3.31. The molecule has 1 N–H and O–H groups in total. The van der Waals surface area contributed by atoms with E-state index in [0.29, 0.717) is 24.1 Å². The Morgan fingerprint density at radius 1 is 1.41 bits per heavy atom. The zero-order valence-electron chi connectivity index (χ0n) is 9.86. The first-order valence-electron chi connectivity index (χ1n) is 5.33. The van der Waals surface area contributed by atoms with Gasteiger partial charge in [0.25, 0.3) is 0 Å². The predicted octanol–water partition coefficient (Wildman–Crippen LogP) is 1.31. The van der Waals surface area contributed by atoms with Crippen molar-refractivity contribution in [1.82, 2.24) is 10.2 Å². The number of aromatic carboxylic acids is 1. The van der Waals surface area contributed by atoms with Gasteiger partial charge in [0.05, 0.1) is 5.69 Å². The molecule has 1 heterocycles. The highest BCUT2D eigenvalue weighted by Gasteiger charge is 2.21. The molecule has 0 amide bonds. The van der Waals surface area contributed by atoms with Crippen LogP contribution in [-0.4, -0.2) is 27.9 Å². The minimum atomic E-state index is -1.07. The number of hydrogen-bond donors (Lipinski definition) is 1. The van der Waals surface area contributed by atoms with Crippen LogP contribution in [0.3, 0.4) is 0 Å². The standard InChI is InChI=1S/C12H14N2O3/c1-4-7-17-11-10(12(15)16)8(5-2)9(6-3)13-14-11/h1H,5-7H2,2-3H3,(H,15,16). The molecule has 0 saturated carbocycles. The van der Waals surface area contributed by atoms with E-state index in [1.165, 1.54) is 0 Å². The Balaban J connectivity index is 3.32. The topological polar surface area (TPSA) is 72.3 Å². The van der Waals surface area contributed by atoms with Gasteiger partial charge in [0.15, 0.2) is 6.61 Å². The van der Waals surface area contributed by atoms with E-state index in [1.54, 1.807) is 0 Å². The molecule has 0 atom stereocenters. The molecule has 1 rings (SSSR count). The van der Waals surface area contributed by atoms with Gasteiger partial charge in [-0.05, 0) is 18.4 Å². The monoisotopic (exact) mass is 234 g/mol. The number of nitrogens with zero attached hydrogens (tertiary/aromatic N) is 2. The number of carboxylic acid groups (broad SMARTS) is 1. The zero-order chi connectivity index (χ0) is 12.8. The highest BCUT2D eigenvalue weighted by Crippen LogP contribution is 2.22. The smallest absolute Gasteiger partial charge is 0.341 e. The molecule has 5 heteroatoms. The number of rotatable bonds is 5. The Bertz CT molecular complexity index is 464. The molecule has 0 spiro atoms. The Labute approximate surface area is 99.8 Å². The van der Waals surface area contributed by atoms with Gasteiger partial charge in [-0.25, -0.2) is 4.79 Å². The first-order chi connectivity index (χ1) is 8.15. The Hall–Kier alpha value is -2.09. The molecule has 90 valence electrons. The van der Waals surface area contributed by atoms with Gasteiger partial charge < -0.3 is 9.84 Å². The van der Waals surface area contributed by atoms with Gasteiger partial charge in [0, 0.05) is 0 Å². The Morgan fingerprint density at radius 2 is 2.12 bits per heavy atom. The maximum absolute atomic E-state index is 11.2. The number of hydrogen-bond acceptors (Lipinski definition) is 4. The maximum Gasteiger partial charge on any atom is 0.341 e. The summed E-state index contributed by atoms with van der Waals surface area (Å²) in [5, 5.41) is 16.9. The van der Waals surface area contributed by atoms with Crippen molar-refractivity contribution in [2.75, 3.05) is 6.61 Å².